The van der Waals surface area contributed by atoms with E-state index >= 15 is 0 Å². The van der Waals surface area contributed by atoms with Gasteiger partial charge in [-0.05, 0) is 19.1 Å². The van der Waals surface area contributed by atoms with Crippen molar-refractivity contribution in [3.05, 3.63) is 47.5 Å². The first-order valence-corrected chi connectivity index (χ1v) is 9.77. The number of rotatable bonds is 8. The van der Waals surface area contributed by atoms with Crippen molar-refractivity contribution >= 4 is 21.6 Å². The van der Waals surface area contributed by atoms with Gasteiger partial charge in [-0.15, -0.1) is 0 Å². The fourth-order valence-electron chi connectivity index (χ4n) is 2.49. The molecule has 8 nitrogen and oxygen atoms in total. The van der Waals surface area contributed by atoms with Crippen LogP contribution in [0.25, 0.3) is 0 Å². The van der Waals surface area contributed by atoms with Crippen molar-refractivity contribution in [3.63, 3.8) is 0 Å². The molecule has 0 aliphatic rings. The van der Waals surface area contributed by atoms with Crippen LogP contribution in [0.1, 0.15) is 17.4 Å². The zero-order chi connectivity index (χ0) is 21.9. The molecule has 2 rings (SSSR count). The van der Waals surface area contributed by atoms with Gasteiger partial charge in [0.25, 0.3) is 5.91 Å². The lowest BCUT2D eigenvalue weighted by atomic mass is 10.2. The molecule has 1 amide bonds. The topological polar surface area (TPSA) is 110 Å². The molecule has 160 valence electrons. The molecule has 0 fully saturated rings. The van der Waals surface area contributed by atoms with Crippen molar-refractivity contribution in [2.75, 3.05) is 19.0 Å². The van der Waals surface area contributed by atoms with Gasteiger partial charge in [0.15, 0.2) is 17.5 Å². The van der Waals surface area contributed by atoms with Gasteiger partial charge in [-0.2, -0.15) is 0 Å². The Bertz CT molecular complexity index is 1010. The van der Waals surface area contributed by atoms with E-state index in [0.29, 0.717) is 6.07 Å². The van der Waals surface area contributed by atoms with E-state index in [1.807, 2.05) is 0 Å². The lowest BCUT2D eigenvalue weighted by Crippen LogP contribution is -2.45. The van der Waals surface area contributed by atoms with Crippen molar-refractivity contribution in [2.45, 2.75) is 24.0 Å². The Labute approximate surface area is 165 Å². The van der Waals surface area contributed by atoms with E-state index in [1.54, 1.807) is 0 Å². The molecule has 0 saturated heterocycles. The van der Waals surface area contributed by atoms with Crippen LogP contribution in [0.4, 0.5) is 18.9 Å². The summed E-state index contributed by atoms with van der Waals surface area (Å²) < 4.78 is 74.1. The first-order chi connectivity index (χ1) is 13.5. The van der Waals surface area contributed by atoms with E-state index in [9.17, 15) is 31.5 Å². The highest BCUT2D eigenvalue weighted by atomic mass is 32.2. The van der Waals surface area contributed by atoms with E-state index < -0.39 is 62.7 Å². The van der Waals surface area contributed by atoms with Crippen LogP contribution in [0, 0.1) is 17.5 Å². The highest BCUT2D eigenvalue weighted by Gasteiger charge is 2.31. The first-order valence-electron chi connectivity index (χ1n) is 8.29. The number of aliphatic hydroxyl groups is 1. The molecular weight excluding hydrogens is 415 g/mol. The number of ether oxygens (including phenoxy) is 1. The number of aromatic nitrogens is 1. The Morgan fingerprint density at radius 2 is 1.93 bits per heavy atom. The second-order valence-electron chi connectivity index (χ2n) is 6.20. The van der Waals surface area contributed by atoms with Crippen LogP contribution >= 0.6 is 0 Å². The number of methoxy groups -OCH3 is 1. The molecule has 0 aliphatic carbocycles. The van der Waals surface area contributed by atoms with Crippen LogP contribution in [0.2, 0.25) is 0 Å². The average molecular weight is 435 g/mol. The van der Waals surface area contributed by atoms with Crippen LogP contribution in [0.5, 0.6) is 0 Å². The molecular formula is C17H20F3N3O5S. The summed E-state index contributed by atoms with van der Waals surface area (Å²) in [6.07, 6.45) is 0.168. The van der Waals surface area contributed by atoms with Gasteiger partial charge in [-0.3, -0.25) is 4.79 Å². The lowest BCUT2D eigenvalue weighted by molar-refractivity contribution is 0.0671. The third-order valence-electron chi connectivity index (χ3n) is 4.21. The van der Waals surface area contributed by atoms with Crippen LogP contribution in [0.3, 0.4) is 0 Å². The normalized spacial score (nSPS) is 13.9. The molecule has 0 radical (unpaired) electrons. The molecule has 1 heterocycles. The second kappa shape index (κ2) is 8.95. The monoisotopic (exact) mass is 435 g/mol. The van der Waals surface area contributed by atoms with E-state index in [2.05, 4.69) is 10.0 Å². The van der Waals surface area contributed by atoms with Gasteiger partial charge < -0.3 is 19.7 Å². The van der Waals surface area contributed by atoms with Gasteiger partial charge >= 0.3 is 0 Å². The summed E-state index contributed by atoms with van der Waals surface area (Å²) in [6.45, 7) is 0.900. The van der Waals surface area contributed by atoms with Crippen molar-refractivity contribution < 1.29 is 36.2 Å². The summed E-state index contributed by atoms with van der Waals surface area (Å²) in [4.78, 5) is 11.5. The van der Waals surface area contributed by atoms with E-state index in [4.69, 9.17) is 4.74 Å². The van der Waals surface area contributed by atoms with Crippen molar-refractivity contribution in [2.24, 2.45) is 7.05 Å². The summed E-state index contributed by atoms with van der Waals surface area (Å²) in [7, 11) is -1.90. The number of benzene rings is 1. The molecule has 29 heavy (non-hydrogen) atoms. The third kappa shape index (κ3) is 4.96. The molecule has 2 atom stereocenters. The maximum atomic E-state index is 14.8. The highest BCUT2D eigenvalue weighted by molar-refractivity contribution is 7.89. The van der Waals surface area contributed by atoms with Crippen LogP contribution in [0.15, 0.2) is 29.3 Å². The van der Waals surface area contributed by atoms with Gasteiger partial charge in [0.2, 0.25) is 10.0 Å². The molecule has 0 aliphatic heterocycles. The van der Waals surface area contributed by atoms with Gasteiger partial charge in [0, 0.05) is 32.1 Å². The third-order valence-corrected chi connectivity index (χ3v) is 5.69. The van der Waals surface area contributed by atoms with E-state index in [1.165, 1.54) is 21.1 Å². The number of aliphatic hydroxyl groups excluding tert-OH is 1. The lowest BCUT2D eigenvalue weighted by Gasteiger charge is -2.21. The summed E-state index contributed by atoms with van der Waals surface area (Å²) in [5, 5.41) is 11.5. The maximum Gasteiger partial charge on any atom is 0.275 e. The Kier molecular flexibility index (Phi) is 7.06. The average Bonchev–Trinajstić information content (AvgIpc) is 2.97. The number of nitrogens with zero attached hydrogens (tertiary/aromatic N) is 1. The second-order valence-corrected chi connectivity index (χ2v) is 7.88. The van der Waals surface area contributed by atoms with Gasteiger partial charge in [0.05, 0.1) is 18.8 Å². The molecule has 0 unspecified atom stereocenters. The molecule has 0 saturated carbocycles. The molecule has 1 aromatic heterocycles. The van der Waals surface area contributed by atoms with E-state index in [-0.39, 0.29) is 5.69 Å². The summed E-state index contributed by atoms with van der Waals surface area (Å²) >= 11 is 0. The van der Waals surface area contributed by atoms with Crippen molar-refractivity contribution in [3.8, 4) is 0 Å². The van der Waals surface area contributed by atoms with Gasteiger partial charge in [-0.1, -0.05) is 0 Å². The minimum absolute atomic E-state index is 0.147. The molecule has 0 bridgehead atoms. The number of nitrogens with one attached hydrogen (secondary N) is 2. The number of halogens is 3. The maximum absolute atomic E-state index is 14.8. The molecule has 3 N–H and O–H groups in total. The van der Waals surface area contributed by atoms with Gasteiger partial charge in [0.1, 0.15) is 10.6 Å². The Balaban J connectivity index is 2.33. The minimum Gasteiger partial charge on any atom is -0.395 e. The fourth-order valence-corrected chi connectivity index (χ4v) is 3.91. The number of anilines is 1. The number of amides is 1. The number of hydrogen-bond acceptors (Lipinski definition) is 5. The van der Waals surface area contributed by atoms with Gasteiger partial charge in [-0.25, -0.2) is 26.3 Å². The number of hydrogen-bond donors (Lipinski definition) is 3. The molecule has 12 heteroatoms. The number of carbonyl (C=O) groups excluding carboxylic acids is 1. The zero-order valence-electron chi connectivity index (χ0n) is 15.7. The Morgan fingerprint density at radius 3 is 2.48 bits per heavy atom. The quantitative estimate of drug-likeness (QED) is 0.580. The minimum atomic E-state index is -4.45. The smallest absolute Gasteiger partial charge is 0.275 e. The predicted molar refractivity (Wildman–Crippen MR) is 97.3 cm³/mol. The van der Waals surface area contributed by atoms with Crippen LogP contribution in [-0.2, 0) is 21.8 Å². The summed E-state index contributed by atoms with van der Waals surface area (Å²) in [5.41, 5.74) is -0.790. The number of aryl methyl sites for hydroxylation is 1. The SMILES string of the molecule is CO[C@H](C)[C@@H](CO)NS(=O)(=O)c1cn(C)c(C(=O)Nc2ccc(F)c(F)c2)c1F. The van der Waals surface area contributed by atoms with Crippen LogP contribution in [-0.4, -0.2) is 49.9 Å². The number of sulfonamides is 1. The first kappa shape index (κ1) is 22.9. The zero-order valence-corrected chi connectivity index (χ0v) is 16.6. The number of carbonyl (C=O) groups is 1. The summed E-state index contributed by atoms with van der Waals surface area (Å²) in [6, 6.07) is 1.49. The Hall–Kier alpha value is -2.41. The standard InChI is InChI=1S/C17H20F3N3O5S/c1-9(28-3)13(8-24)22-29(26,27)14-7-23(2)16(15(14)20)17(25)21-10-4-5-11(18)12(19)6-10/h4-7,9,13,22,24H,8H2,1-3H3,(H,21,25)/t9-,13-/m1/s1. The summed E-state index contributed by atoms with van der Waals surface area (Å²) in [5.74, 6) is -4.76. The van der Waals surface area contributed by atoms with Crippen molar-refractivity contribution in [1.29, 1.82) is 0 Å². The fraction of sp³-hybridized carbons (Fsp3) is 0.353. The molecule has 2 aromatic rings. The largest absolute Gasteiger partial charge is 0.395 e. The van der Waals surface area contributed by atoms with E-state index in [0.717, 1.165) is 22.9 Å². The predicted octanol–water partition coefficient (Wildman–Crippen LogP) is 1.37. The van der Waals surface area contributed by atoms with Crippen LogP contribution < -0.4 is 10.0 Å². The highest BCUT2D eigenvalue weighted by Crippen LogP contribution is 2.22. The van der Waals surface area contributed by atoms with Crippen molar-refractivity contribution in [1.82, 2.24) is 9.29 Å². The molecule has 0 spiro atoms. The Morgan fingerprint density at radius 1 is 1.28 bits per heavy atom. The molecule has 1 aromatic carbocycles.